The number of hydrogen-bond acceptors (Lipinski definition) is 2. The van der Waals surface area contributed by atoms with Crippen molar-refractivity contribution in [1.82, 2.24) is 10.6 Å². The summed E-state index contributed by atoms with van der Waals surface area (Å²) in [6.07, 6.45) is 5.50. The molecule has 1 amide bonds. The van der Waals surface area contributed by atoms with Gasteiger partial charge in [-0.3, -0.25) is 4.79 Å². The van der Waals surface area contributed by atoms with Crippen molar-refractivity contribution < 1.29 is 4.79 Å². The van der Waals surface area contributed by atoms with Crippen LogP contribution in [0.4, 0.5) is 0 Å². The Morgan fingerprint density at radius 2 is 2.10 bits per heavy atom. The number of nitrogens with one attached hydrogen (secondary N) is 2. The van der Waals surface area contributed by atoms with E-state index < -0.39 is 0 Å². The SMILES string of the molecule is O=C(NCCC1CCNC1)C1(c2ccccc2)CCC1. The van der Waals surface area contributed by atoms with Crippen molar-refractivity contribution in [2.75, 3.05) is 19.6 Å². The number of carbonyl (C=O) groups is 1. The Kier molecular flexibility index (Phi) is 4.06. The molecule has 1 heterocycles. The van der Waals surface area contributed by atoms with Gasteiger partial charge in [0, 0.05) is 6.54 Å². The molecule has 3 nitrogen and oxygen atoms in total. The van der Waals surface area contributed by atoms with Gasteiger partial charge in [0.1, 0.15) is 0 Å². The molecule has 2 N–H and O–H groups in total. The average molecular weight is 272 g/mol. The summed E-state index contributed by atoms with van der Waals surface area (Å²) in [6, 6.07) is 10.3. The standard InChI is InChI=1S/C17H24N2O/c20-16(19-12-8-14-7-11-18-13-14)17(9-4-10-17)15-5-2-1-3-6-15/h1-3,5-6,14,18H,4,7-13H2,(H,19,20). The largest absolute Gasteiger partial charge is 0.355 e. The van der Waals surface area contributed by atoms with Crippen LogP contribution < -0.4 is 10.6 Å². The molecule has 1 aromatic carbocycles. The summed E-state index contributed by atoms with van der Waals surface area (Å²) in [5, 5.41) is 6.56. The Balaban J connectivity index is 1.57. The van der Waals surface area contributed by atoms with E-state index in [-0.39, 0.29) is 11.3 Å². The van der Waals surface area contributed by atoms with Crippen LogP contribution in [0.1, 0.15) is 37.7 Å². The molecule has 2 aliphatic rings. The monoisotopic (exact) mass is 272 g/mol. The second-order valence-electron chi connectivity index (χ2n) is 6.21. The molecule has 1 aliphatic heterocycles. The first-order valence-electron chi connectivity index (χ1n) is 7.86. The predicted octanol–water partition coefficient (Wildman–Crippen LogP) is 2.22. The van der Waals surface area contributed by atoms with Gasteiger partial charge in [0.05, 0.1) is 5.41 Å². The molecule has 0 aromatic heterocycles. The minimum Gasteiger partial charge on any atom is -0.355 e. The highest BCUT2D eigenvalue weighted by Gasteiger charge is 2.45. The summed E-state index contributed by atoms with van der Waals surface area (Å²) >= 11 is 0. The zero-order valence-corrected chi connectivity index (χ0v) is 12.0. The van der Waals surface area contributed by atoms with E-state index in [0.717, 1.165) is 51.2 Å². The summed E-state index contributed by atoms with van der Waals surface area (Å²) in [4.78, 5) is 12.6. The first-order valence-corrected chi connectivity index (χ1v) is 7.86. The van der Waals surface area contributed by atoms with E-state index in [1.165, 1.54) is 12.0 Å². The number of amides is 1. The number of rotatable bonds is 5. The van der Waals surface area contributed by atoms with Crippen LogP contribution in [-0.2, 0) is 10.2 Å². The third-order valence-electron chi connectivity index (χ3n) is 4.97. The molecule has 20 heavy (non-hydrogen) atoms. The molecular weight excluding hydrogens is 248 g/mol. The highest BCUT2D eigenvalue weighted by Crippen LogP contribution is 2.43. The molecule has 0 spiro atoms. The maximum Gasteiger partial charge on any atom is 0.230 e. The van der Waals surface area contributed by atoms with E-state index >= 15 is 0 Å². The minimum atomic E-state index is -0.241. The Hall–Kier alpha value is -1.35. The fourth-order valence-electron chi connectivity index (χ4n) is 3.45. The van der Waals surface area contributed by atoms with Crippen molar-refractivity contribution in [1.29, 1.82) is 0 Å². The van der Waals surface area contributed by atoms with E-state index in [0.29, 0.717) is 0 Å². The van der Waals surface area contributed by atoms with E-state index in [4.69, 9.17) is 0 Å². The topological polar surface area (TPSA) is 41.1 Å². The van der Waals surface area contributed by atoms with Crippen LogP contribution in [0.15, 0.2) is 30.3 Å². The van der Waals surface area contributed by atoms with Crippen molar-refractivity contribution in [3.05, 3.63) is 35.9 Å². The second kappa shape index (κ2) is 5.96. The minimum absolute atomic E-state index is 0.237. The van der Waals surface area contributed by atoms with Gasteiger partial charge in [-0.05, 0) is 50.3 Å². The first-order chi connectivity index (χ1) is 9.81. The molecule has 1 atom stereocenters. The van der Waals surface area contributed by atoms with Crippen LogP contribution in [0.5, 0.6) is 0 Å². The predicted molar refractivity (Wildman–Crippen MR) is 80.6 cm³/mol. The molecule has 0 bridgehead atoms. The van der Waals surface area contributed by atoms with Crippen molar-refractivity contribution in [3.63, 3.8) is 0 Å². The molecule has 0 radical (unpaired) electrons. The molecule has 1 aromatic rings. The molecule has 1 saturated carbocycles. The van der Waals surface area contributed by atoms with Gasteiger partial charge in [0.2, 0.25) is 5.91 Å². The fraction of sp³-hybridized carbons (Fsp3) is 0.588. The molecule has 3 heteroatoms. The molecule has 3 rings (SSSR count). The van der Waals surface area contributed by atoms with Crippen LogP contribution in [0.2, 0.25) is 0 Å². The van der Waals surface area contributed by atoms with Crippen LogP contribution in [0.3, 0.4) is 0 Å². The zero-order chi connectivity index (χ0) is 13.8. The van der Waals surface area contributed by atoms with Gasteiger partial charge in [-0.15, -0.1) is 0 Å². The third kappa shape index (κ3) is 2.59. The maximum atomic E-state index is 12.6. The first kappa shape index (κ1) is 13.6. The summed E-state index contributed by atoms with van der Waals surface area (Å²) in [7, 11) is 0. The smallest absolute Gasteiger partial charge is 0.230 e. The highest BCUT2D eigenvalue weighted by molar-refractivity contribution is 5.89. The highest BCUT2D eigenvalue weighted by atomic mass is 16.2. The van der Waals surface area contributed by atoms with E-state index in [1.807, 2.05) is 18.2 Å². The maximum absolute atomic E-state index is 12.6. The van der Waals surface area contributed by atoms with Crippen LogP contribution >= 0.6 is 0 Å². The zero-order valence-electron chi connectivity index (χ0n) is 12.0. The number of benzene rings is 1. The van der Waals surface area contributed by atoms with Gasteiger partial charge in [-0.25, -0.2) is 0 Å². The van der Waals surface area contributed by atoms with E-state index in [2.05, 4.69) is 22.8 Å². The lowest BCUT2D eigenvalue weighted by Gasteiger charge is -2.40. The number of hydrogen-bond donors (Lipinski definition) is 2. The lowest BCUT2D eigenvalue weighted by molar-refractivity contribution is -0.129. The van der Waals surface area contributed by atoms with Crippen molar-refractivity contribution in [2.24, 2.45) is 5.92 Å². The van der Waals surface area contributed by atoms with E-state index in [9.17, 15) is 4.79 Å². The van der Waals surface area contributed by atoms with Gasteiger partial charge in [0.15, 0.2) is 0 Å². The van der Waals surface area contributed by atoms with E-state index in [1.54, 1.807) is 0 Å². The summed E-state index contributed by atoms with van der Waals surface area (Å²) in [6.45, 7) is 3.06. The van der Waals surface area contributed by atoms with Crippen LogP contribution in [-0.4, -0.2) is 25.5 Å². The van der Waals surface area contributed by atoms with Gasteiger partial charge in [-0.2, -0.15) is 0 Å². The lowest BCUT2D eigenvalue weighted by Crippen LogP contribution is -2.49. The second-order valence-corrected chi connectivity index (χ2v) is 6.21. The van der Waals surface area contributed by atoms with Gasteiger partial charge in [0.25, 0.3) is 0 Å². The Morgan fingerprint density at radius 1 is 1.30 bits per heavy atom. The van der Waals surface area contributed by atoms with Gasteiger partial charge >= 0.3 is 0 Å². The molecule has 2 fully saturated rings. The Bertz CT molecular complexity index is 447. The Morgan fingerprint density at radius 3 is 2.70 bits per heavy atom. The van der Waals surface area contributed by atoms with Crippen molar-refractivity contribution >= 4 is 5.91 Å². The fourth-order valence-corrected chi connectivity index (χ4v) is 3.45. The van der Waals surface area contributed by atoms with Crippen LogP contribution in [0, 0.1) is 5.92 Å². The van der Waals surface area contributed by atoms with Crippen molar-refractivity contribution in [2.45, 2.75) is 37.5 Å². The normalized spacial score (nSPS) is 24.1. The molecule has 1 unspecified atom stereocenters. The van der Waals surface area contributed by atoms with Gasteiger partial charge < -0.3 is 10.6 Å². The number of carbonyl (C=O) groups excluding carboxylic acids is 1. The molecule has 1 aliphatic carbocycles. The summed E-state index contributed by atoms with van der Waals surface area (Å²) in [5.74, 6) is 0.977. The lowest BCUT2D eigenvalue weighted by atomic mass is 9.64. The third-order valence-corrected chi connectivity index (χ3v) is 4.97. The van der Waals surface area contributed by atoms with Crippen LogP contribution in [0.25, 0.3) is 0 Å². The van der Waals surface area contributed by atoms with Gasteiger partial charge in [-0.1, -0.05) is 36.8 Å². The molecular formula is C17H24N2O. The quantitative estimate of drug-likeness (QED) is 0.863. The molecule has 108 valence electrons. The average Bonchev–Trinajstić information content (AvgIpc) is 2.92. The Labute approximate surface area is 121 Å². The van der Waals surface area contributed by atoms with Crippen molar-refractivity contribution in [3.8, 4) is 0 Å². The summed E-state index contributed by atoms with van der Waals surface area (Å²) < 4.78 is 0. The summed E-state index contributed by atoms with van der Waals surface area (Å²) in [5.41, 5.74) is 0.945. The molecule has 1 saturated heterocycles.